The second-order valence-corrected chi connectivity index (χ2v) is 5.01. The van der Waals surface area contributed by atoms with E-state index in [1.807, 2.05) is 0 Å². The Hall–Kier alpha value is 0.270. The summed E-state index contributed by atoms with van der Waals surface area (Å²) in [5.74, 6) is 1.53. The Labute approximate surface area is 93.1 Å². The van der Waals surface area contributed by atoms with Crippen LogP contribution >= 0.6 is 12.6 Å². The third kappa shape index (κ3) is 3.44. The van der Waals surface area contributed by atoms with Crippen LogP contribution in [0.3, 0.4) is 0 Å². The van der Waals surface area contributed by atoms with E-state index in [4.69, 9.17) is 0 Å². The molecule has 0 spiro atoms. The van der Waals surface area contributed by atoms with E-state index in [9.17, 15) is 5.11 Å². The predicted octanol–water partition coefficient (Wildman–Crippen LogP) is 1.79. The Morgan fingerprint density at radius 2 is 2.07 bits per heavy atom. The van der Waals surface area contributed by atoms with E-state index in [0.29, 0.717) is 12.0 Å². The van der Waals surface area contributed by atoms with Crippen molar-refractivity contribution in [1.82, 2.24) is 4.90 Å². The summed E-state index contributed by atoms with van der Waals surface area (Å²) >= 11 is 4.29. The third-order valence-corrected chi connectivity index (χ3v) is 3.79. The van der Waals surface area contributed by atoms with Crippen molar-refractivity contribution in [1.29, 1.82) is 0 Å². The summed E-state index contributed by atoms with van der Waals surface area (Å²) in [7, 11) is 2.12. The lowest BCUT2D eigenvalue weighted by Gasteiger charge is -2.36. The van der Waals surface area contributed by atoms with Crippen molar-refractivity contribution >= 4 is 12.6 Å². The minimum atomic E-state index is -0.110. The highest BCUT2D eigenvalue weighted by Crippen LogP contribution is 2.22. The molecule has 0 bridgehead atoms. The van der Waals surface area contributed by atoms with Crippen LogP contribution in [0.25, 0.3) is 0 Å². The van der Waals surface area contributed by atoms with Gasteiger partial charge in [-0.25, -0.2) is 0 Å². The van der Waals surface area contributed by atoms with Crippen molar-refractivity contribution in [3.8, 4) is 0 Å². The predicted molar refractivity (Wildman–Crippen MR) is 63.9 cm³/mol. The topological polar surface area (TPSA) is 23.5 Å². The van der Waals surface area contributed by atoms with Gasteiger partial charge in [-0.3, -0.25) is 0 Å². The molecule has 1 aliphatic carbocycles. The number of hydrogen-bond acceptors (Lipinski definition) is 3. The zero-order chi connectivity index (χ0) is 10.6. The van der Waals surface area contributed by atoms with Crippen LogP contribution in [0.15, 0.2) is 0 Å². The first-order chi connectivity index (χ1) is 6.65. The average molecular weight is 217 g/mol. The Bertz CT molecular complexity index is 165. The van der Waals surface area contributed by atoms with Crippen LogP contribution in [0, 0.1) is 5.92 Å². The minimum absolute atomic E-state index is 0.110. The van der Waals surface area contributed by atoms with Gasteiger partial charge in [0.25, 0.3) is 0 Å². The van der Waals surface area contributed by atoms with Crippen molar-refractivity contribution < 1.29 is 5.11 Å². The Morgan fingerprint density at radius 3 is 2.64 bits per heavy atom. The molecule has 1 saturated carbocycles. The molecule has 3 heteroatoms. The minimum Gasteiger partial charge on any atom is -0.391 e. The Morgan fingerprint density at radius 1 is 1.43 bits per heavy atom. The molecule has 3 unspecified atom stereocenters. The van der Waals surface area contributed by atoms with E-state index in [0.717, 1.165) is 25.1 Å². The van der Waals surface area contributed by atoms with Crippen LogP contribution in [-0.2, 0) is 0 Å². The second kappa shape index (κ2) is 5.99. The van der Waals surface area contributed by atoms with Crippen LogP contribution in [-0.4, -0.2) is 41.5 Å². The number of likely N-dealkylation sites (N-methyl/N-ethyl adjacent to an activating group) is 1. The van der Waals surface area contributed by atoms with E-state index in [-0.39, 0.29) is 6.10 Å². The lowest BCUT2D eigenvalue weighted by atomic mass is 9.91. The summed E-state index contributed by atoms with van der Waals surface area (Å²) in [5, 5.41) is 9.86. The number of rotatable bonds is 4. The van der Waals surface area contributed by atoms with E-state index >= 15 is 0 Å². The molecule has 0 aromatic heterocycles. The van der Waals surface area contributed by atoms with Gasteiger partial charge in [0.05, 0.1) is 6.10 Å². The zero-order valence-electron chi connectivity index (χ0n) is 9.32. The number of thiol groups is 1. The zero-order valence-corrected chi connectivity index (χ0v) is 10.2. The molecule has 84 valence electrons. The first-order valence-corrected chi connectivity index (χ1v) is 6.27. The molecule has 2 nitrogen and oxygen atoms in total. The second-order valence-electron chi connectivity index (χ2n) is 4.65. The quantitative estimate of drug-likeness (QED) is 0.701. The van der Waals surface area contributed by atoms with Gasteiger partial charge in [-0.05, 0) is 31.6 Å². The molecule has 0 radical (unpaired) electrons. The lowest BCUT2D eigenvalue weighted by molar-refractivity contribution is 0.0279. The van der Waals surface area contributed by atoms with Gasteiger partial charge in [0, 0.05) is 12.6 Å². The van der Waals surface area contributed by atoms with Crippen molar-refractivity contribution in [3.63, 3.8) is 0 Å². The normalized spacial score (nSPS) is 30.6. The van der Waals surface area contributed by atoms with Gasteiger partial charge >= 0.3 is 0 Å². The maximum Gasteiger partial charge on any atom is 0.0695 e. The molecular weight excluding hydrogens is 194 g/mol. The summed E-state index contributed by atoms with van der Waals surface area (Å²) in [6, 6.07) is 0.381. The molecular formula is C11H23NOS. The summed E-state index contributed by atoms with van der Waals surface area (Å²) in [4.78, 5) is 2.31. The van der Waals surface area contributed by atoms with Crippen LogP contribution in [0.5, 0.6) is 0 Å². The number of aliphatic hydroxyl groups excluding tert-OH is 1. The molecule has 1 N–H and O–H groups in total. The molecule has 0 aromatic carbocycles. The van der Waals surface area contributed by atoms with Crippen LogP contribution in [0.2, 0.25) is 0 Å². The SMILES string of the molecule is CC(CS)CN(C)C1CCCCC1O. The first-order valence-electron chi connectivity index (χ1n) is 5.64. The number of hydrogen-bond donors (Lipinski definition) is 2. The van der Waals surface area contributed by atoms with Gasteiger partial charge in [0.1, 0.15) is 0 Å². The van der Waals surface area contributed by atoms with Gasteiger partial charge in [0.2, 0.25) is 0 Å². The van der Waals surface area contributed by atoms with Crippen LogP contribution < -0.4 is 0 Å². The maximum absolute atomic E-state index is 9.86. The molecule has 0 saturated heterocycles. The van der Waals surface area contributed by atoms with E-state index in [2.05, 4.69) is 31.5 Å². The maximum atomic E-state index is 9.86. The number of nitrogens with zero attached hydrogens (tertiary/aromatic N) is 1. The molecule has 14 heavy (non-hydrogen) atoms. The highest BCUT2D eigenvalue weighted by molar-refractivity contribution is 7.80. The van der Waals surface area contributed by atoms with Gasteiger partial charge in [-0.1, -0.05) is 19.8 Å². The third-order valence-electron chi connectivity index (χ3n) is 3.17. The molecule has 0 aliphatic heterocycles. The molecule has 1 fully saturated rings. The lowest BCUT2D eigenvalue weighted by Crippen LogP contribution is -2.45. The van der Waals surface area contributed by atoms with Crippen molar-refractivity contribution in [2.45, 2.75) is 44.8 Å². The molecule has 1 aliphatic rings. The van der Waals surface area contributed by atoms with Gasteiger partial charge < -0.3 is 10.0 Å². The summed E-state index contributed by atoms with van der Waals surface area (Å²) in [6.07, 6.45) is 4.47. The van der Waals surface area contributed by atoms with Crippen LogP contribution in [0.1, 0.15) is 32.6 Å². The van der Waals surface area contributed by atoms with E-state index in [1.54, 1.807) is 0 Å². The molecule has 3 atom stereocenters. The number of aliphatic hydroxyl groups is 1. The van der Waals surface area contributed by atoms with E-state index < -0.39 is 0 Å². The van der Waals surface area contributed by atoms with Crippen LogP contribution in [0.4, 0.5) is 0 Å². The molecule has 1 rings (SSSR count). The largest absolute Gasteiger partial charge is 0.391 e. The monoisotopic (exact) mass is 217 g/mol. The highest BCUT2D eigenvalue weighted by Gasteiger charge is 2.26. The standard InChI is InChI=1S/C11H23NOS/c1-9(8-14)7-12(2)10-5-3-4-6-11(10)13/h9-11,13-14H,3-8H2,1-2H3. The Balaban J connectivity index is 2.37. The molecule has 0 amide bonds. The van der Waals surface area contributed by atoms with Gasteiger partial charge in [-0.15, -0.1) is 0 Å². The summed E-state index contributed by atoms with van der Waals surface area (Å²) in [5.41, 5.74) is 0. The van der Waals surface area contributed by atoms with E-state index in [1.165, 1.54) is 12.8 Å². The fourth-order valence-corrected chi connectivity index (χ4v) is 2.41. The van der Waals surface area contributed by atoms with Crippen molar-refractivity contribution in [2.75, 3.05) is 19.3 Å². The molecule has 0 heterocycles. The average Bonchev–Trinajstić information content (AvgIpc) is 2.18. The fraction of sp³-hybridized carbons (Fsp3) is 1.00. The smallest absolute Gasteiger partial charge is 0.0695 e. The van der Waals surface area contributed by atoms with Crippen molar-refractivity contribution in [3.05, 3.63) is 0 Å². The first kappa shape index (κ1) is 12.3. The summed E-state index contributed by atoms with van der Waals surface area (Å²) in [6.45, 7) is 3.25. The summed E-state index contributed by atoms with van der Waals surface area (Å²) < 4.78 is 0. The van der Waals surface area contributed by atoms with Gasteiger partial charge in [-0.2, -0.15) is 12.6 Å². The van der Waals surface area contributed by atoms with Crippen molar-refractivity contribution in [2.24, 2.45) is 5.92 Å². The van der Waals surface area contributed by atoms with Gasteiger partial charge in [0.15, 0.2) is 0 Å². The fourth-order valence-electron chi connectivity index (χ4n) is 2.29. The molecule has 0 aromatic rings. The Kier molecular flexibility index (Phi) is 5.28. The highest BCUT2D eigenvalue weighted by atomic mass is 32.1.